The Labute approximate surface area is 97.0 Å². The molecule has 90 valence electrons. The van der Waals surface area contributed by atoms with Gasteiger partial charge in [0.25, 0.3) is 0 Å². The molecule has 16 heavy (non-hydrogen) atoms. The molecule has 1 aromatic carbocycles. The van der Waals surface area contributed by atoms with Gasteiger partial charge in [-0.2, -0.15) is 0 Å². The topological polar surface area (TPSA) is 38.7 Å². The zero-order chi connectivity index (χ0) is 12.0. The second kappa shape index (κ2) is 6.38. The molecule has 0 aromatic heterocycles. The number of unbranched alkanes of at least 4 members (excludes halogenated alkanes) is 1. The highest BCUT2D eigenvalue weighted by atomic mass is 16.5. The Morgan fingerprint density at radius 1 is 1.31 bits per heavy atom. The average molecular weight is 224 g/mol. The largest absolute Gasteiger partial charge is 0.507 e. The summed E-state index contributed by atoms with van der Waals surface area (Å²) in [6.45, 7) is 5.14. The van der Waals surface area contributed by atoms with Crippen LogP contribution >= 0.6 is 0 Å². The number of rotatable bonds is 6. The second-order valence-corrected chi connectivity index (χ2v) is 3.86. The van der Waals surface area contributed by atoms with E-state index in [4.69, 9.17) is 9.47 Å². The van der Waals surface area contributed by atoms with Crippen LogP contribution in [0.5, 0.6) is 11.5 Å². The summed E-state index contributed by atoms with van der Waals surface area (Å²) in [6, 6.07) is 3.62. The Morgan fingerprint density at radius 3 is 2.69 bits per heavy atom. The van der Waals surface area contributed by atoms with E-state index in [-0.39, 0.29) is 0 Å². The normalized spacial score (nSPS) is 10.4. The molecule has 0 unspecified atom stereocenters. The molecule has 0 saturated heterocycles. The lowest BCUT2D eigenvalue weighted by atomic mass is 10.1. The molecule has 3 nitrogen and oxygen atoms in total. The fraction of sp³-hybridized carbons (Fsp3) is 0.538. The summed E-state index contributed by atoms with van der Waals surface area (Å²) in [6.07, 6.45) is 2.16. The van der Waals surface area contributed by atoms with Gasteiger partial charge >= 0.3 is 0 Å². The summed E-state index contributed by atoms with van der Waals surface area (Å²) < 4.78 is 10.6. The average Bonchev–Trinajstić information content (AvgIpc) is 2.29. The molecule has 0 fully saturated rings. The molecule has 0 aliphatic rings. The predicted molar refractivity (Wildman–Crippen MR) is 64.0 cm³/mol. The zero-order valence-corrected chi connectivity index (χ0v) is 10.2. The maximum atomic E-state index is 9.84. The lowest BCUT2D eigenvalue weighted by molar-refractivity contribution is 0.116. The number of aromatic hydroxyl groups is 1. The number of methoxy groups -OCH3 is 1. The first-order valence-corrected chi connectivity index (χ1v) is 5.63. The SMILES string of the molecule is CCCCOCc1cc(OC)cc(C)c1O. The maximum Gasteiger partial charge on any atom is 0.124 e. The van der Waals surface area contributed by atoms with Crippen LogP contribution in [-0.4, -0.2) is 18.8 Å². The van der Waals surface area contributed by atoms with Crippen LogP contribution in [-0.2, 0) is 11.3 Å². The van der Waals surface area contributed by atoms with Crippen molar-refractivity contribution >= 4 is 0 Å². The highest BCUT2D eigenvalue weighted by Crippen LogP contribution is 2.28. The first kappa shape index (κ1) is 12.8. The zero-order valence-electron chi connectivity index (χ0n) is 10.2. The number of benzene rings is 1. The number of phenolic OH excluding ortho intramolecular Hbond substituents is 1. The van der Waals surface area contributed by atoms with Crippen molar-refractivity contribution in [2.75, 3.05) is 13.7 Å². The van der Waals surface area contributed by atoms with Gasteiger partial charge in [0.1, 0.15) is 11.5 Å². The first-order valence-electron chi connectivity index (χ1n) is 5.63. The van der Waals surface area contributed by atoms with Crippen molar-refractivity contribution in [1.82, 2.24) is 0 Å². The van der Waals surface area contributed by atoms with Gasteiger partial charge in [-0.1, -0.05) is 13.3 Å². The molecule has 0 radical (unpaired) electrons. The third-order valence-electron chi connectivity index (χ3n) is 2.49. The molecule has 0 aliphatic carbocycles. The lowest BCUT2D eigenvalue weighted by Crippen LogP contribution is -1.97. The number of hydrogen-bond donors (Lipinski definition) is 1. The van der Waals surface area contributed by atoms with Crippen molar-refractivity contribution in [3.8, 4) is 11.5 Å². The van der Waals surface area contributed by atoms with Crippen molar-refractivity contribution in [2.24, 2.45) is 0 Å². The van der Waals surface area contributed by atoms with Crippen molar-refractivity contribution in [3.05, 3.63) is 23.3 Å². The van der Waals surface area contributed by atoms with Crippen molar-refractivity contribution in [1.29, 1.82) is 0 Å². The van der Waals surface area contributed by atoms with Crippen molar-refractivity contribution < 1.29 is 14.6 Å². The van der Waals surface area contributed by atoms with E-state index in [9.17, 15) is 5.11 Å². The Balaban J connectivity index is 2.66. The standard InChI is InChI=1S/C13H20O3/c1-4-5-6-16-9-11-8-12(15-3)7-10(2)13(11)14/h7-8,14H,4-6,9H2,1-3H3. The van der Waals surface area contributed by atoms with Gasteiger partial charge < -0.3 is 14.6 Å². The summed E-state index contributed by atoms with van der Waals surface area (Å²) >= 11 is 0. The summed E-state index contributed by atoms with van der Waals surface area (Å²) in [5.74, 6) is 1.06. The van der Waals surface area contributed by atoms with Crippen LogP contribution in [0.25, 0.3) is 0 Å². The van der Waals surface area contributed by atoms with Gasteiger partial charge in [0.2, 0.25) is 0 Å². The third-order valence-corrected chi connectivity index (χ3v) is 2.49. The lowest BCUT2D eigenvalue weighted by Gasteiger charge is -2.10. The van der Waals surface area contributed by atoms with E-state index in [0.29, 0.717) is 12.4 Å². The van der Waals surface area contributed by atoms with Gasteiger partial charge in [-0.15, -0.1) is 0 Å². The van der Waals surface area contributed by atoms with Crippen LogP contribution in [0.2, 0.25) is 0 Å². The Kier molecular flexibility index (Phi) is 5.12. The van der Waals surface area contributed by atoms with E-state index < -0.39 is 0 Å². The van der Waals surface area contributed by atoms with E-state index in [2.05, 4.69) is 6.92 Å². The summed E-state index contributed by atoms with van der Waals surface area (Å²) in [4.78, 5) is 0. The van der Waals surface area contributed by atoms with Gasteiger partial charge in [-0.3, -0.25) is 0 Å². The summed E-state index contributed by atoms with van der Waals surface area (Å²) in [5, 5.41) is 9.84. The minimum atomic E-state index is 0.303. The number of ether oxygens (including phenoxy) is 2. The molecule has 1 N–H and O–H groups in total. The van der Waals surface area contributed by atoms with E-state index in [1.165, 1.54) is 0 Å². The molecule has 0 saturated carbocycles. The van der Waals surface area contributed by atoms with Crippen molar-refractivity contribution in [3.63, 3.8) is 0 Å². The Morgan fingerprint density at radius 2 is 2.06 bits per heavy atom. The molecular weight excluding hydrogens is 204 g/mol. The van der Waals surface area contributed by atoms with E-state index in [0.717, 1.165) is 36.3 Å². The highest BCUT2D eigenvalue weighted by molar-refractivity contribution is 5.45. The fourth-order valence-electron chi connectivity index (χ4n) is 1.47. The third kappa shape index (κ3) is 3.42. The van der Waals surface area contributed by atoms with Crippen molar-refractivity contribution in [2.45, 2.75) is 33.3 Å². The smallest absolute Gasteiger partial charge is 0.124 e. The molecule has 1 aromatic rings. The first-order chi connectivity index (χ1) is 7.69. The number of aryl methyl sites for hydroxylation is 1. The Hall–Kier alpha value is -1.22. The molecule has 0 amide bonds. The molecular formula is C13H20O3. The van der Waals surface area contributed by atoms with Gasteiger partial charge in [0, 0.05) is 12.2 Å². The second-order valence-electron chi connectivity index (χ2n) is 3.86. The number of phenols is 1. The molecule has 0 aliphatic heterocycles. The predicted octanol–water partition coefficient (Wildman–Crippen LogP) is 3.03. The minimum absolute atomic E-state index is 0.303. The summed E-state index contributed by atoms with van der Waals surface area (Å²) in [7, 11) is 1.62. The van der Waals surface area contributed by atoms with Crippen LogP contribution < -0.4 is 4.74 Å². The van der Waals surface area contributed by atoms with Gasteiger partial charge in [0.05, 0.1) is 13.7 Å². The molecule has 0 atom stereocenters. The van der Waals surface area contributed by atoms with Crippen LogP contribution in [0, 0.1) is 6.92 Å². The monoisotopic (exact) mass is 224 g/mol. The quantitative estimate of drug-likeness (QED) is 0.755. The molecule has 0 bridgehead atoms. The van der Waals surface area contributed by atoms with Crippen LogP contribution in [0.15, 0.2) is 12.1 Å². The molecule has 1 rings (SSSR count). The minimum Gasteiger partial charge on any atom is -0.507 e. The molecule has 0 spiro atoms. The molecule has 3 heteroatoms. The van der Waals surface area contributed by atoms with Gasteiger partial charge in [-0.05, 0) is 31.0 Å². The fourth-order valence-corrected chi connectivity index (χ4v) is 1.47. The van der Waals surface area contributed by atoms with Gasteiger partial charge in [0.15, 0.2) is 0 Å². The van der Waals surface area contributed by atoms with Gasteiger partial charge in [-0.25, -0.2) is 0 Å². The van der Waals surface area contributed by atoms with E-state index in [1.807, 2.05) is 19.1 Å². The van der Waals surface area contributed by atoms with E-state index in [1.54, 1.807) is 7.11 Å². The van der Waals surface area contributed by atoms with E-state index >= 15 is 0 Å². The maximum absolute atomic E-state index is 9.84. The van der Waals surface area contributed by atoms with Crippen LogP contribution in [0.1, 0.15) is 30.9 Å². The Bertz CT molecular complexity index is 334. The van der Waals surface area contributed by atoms with Crippen LogP contribution in [0.4, 0.5) is 0 Å². The molecule has 0 heterocycles. The summed E-state index contributed by atoms with van der Waals surface area (Å²) in [5.41, 5.74) is 1.60. The number of hydrogen-bond acceptors (Lipinski definition) is 3. The highest BCUT2D eigenvalue weighted by Gasteiger charge is 2.07. The van der Waals surface area contributed by atoms with Crippen LogP contribution in [0.3, 0.4) is 0 Å².